The van der Waals surface area contributed by atoms with Gasteiger partial charge >= 0.3 is 0 Å². The molecule has 0 nitrogen and oxygen atoms in total. The first-order chi connectivity index (χ1) is 22.4. The number of hydrogen-bond donors (Lipinski definition) is 0. The van der Waals surface area contributed by atoms with Crippen LogP contribution in [0.4, 0.5) is 0 Å². The van der Waals surface area contributed by atoms with Gasteiger partial charge in [0.2, 0.25) is 0 Å². The average Bonchev–Trinajstić information content (AvgIpc) is 3.09. The molecule has 0 unspecified atom stereocenters. The molecule has 0 atom stereocenters. The number of rotatable bonds is 18. The molecule has 2 heteroatoms. The summed E-state index contributed by atoms with van der Waals surface area (Å²) in [6.45, 7) is 4.64. The van der Waals surface area contributed by atoms with Crippen LogP contribution in [0.3, 0.4) is 0 Å². The first-order valence-electron chi connectivity index (χ1n) is 21.8. The minimum absolute atomic E-state index is 0.238. The predicted octanol–water partition coefficient (Wildman–Crippen LogP) is 15.8. The van der Waals surface area contributed by atoms with Crippen molar-refractivity contribution >= 4 is 23.2 Å². The second kappa shape index (κ2) is 18.7. The van der Waals surface area contributed by atoms with Crippen LogP contribution >= 0.6 is 23.2 Å². The van der Waals surface area contributed by atoms with E-state index in [1.165, 1.54) is 212 Å². The zero-order valence-electron chi connectivity index (χ0n) is 31.1. The Labute approximate surface area is 298 Å². The van der Waals surface area contributed by atoms with Crippen LogP contribution in [0.2, 0.25) is 0 Å². The molecule has 2 spiro atoms. The van der Waals surface area contributed by atoms with E-state index in [1.807, 2.05) is 0 Å². The van der Waals surface area contributed by atoms with E-state index in [1.54, 1.807) is 0 Å². The Morgan fingerprint density at radius 1 is 0.391 bits per heavy atom. The highest BCUT2D eigenvalue weighted by atomic mass is 35.5. The Morgan fingerprint density at radius 2 is 0.696 bits per heavy atom. The average molecular weight is 678 g/mol. The van der Waals surface area contributed by atoms with Crippen molar-refractivity contribution in [1.82, 2.24) is 0 Å². The molecule has 0 amide bonds. The standard InChI is InChI=1S/C44H78Cl2/c1-3-5-7-9-11-13-15-17-36-19-23-38(24-20-36)40-27-31-42(32-28-40)35-43(44(42,45)46)33-29-41(30-34-43)39-25-21-37(22-26-39)18-16-14-12-10-8-6-4-2/h36-41H,3-35H2,1-2H3/t36-,37-,38-,39-,40?,41?,42?,43?. The van der Waals surface area contributed by atoms with Gasteiger partial charge in [-0.25, -0.2) is 0 Å². The Hall–Kier alpha value is 0.580. The summed E-state index contributed by atoms with van der Waals surface area (Å²) in [5.74, 6) is 5.99. The van der Waals surface area contributed by atoms with E-state index in [2.05, 4.69) is 13.8 Å². The SMILES string of the molecule is CCCCCCCCC[C@H]1CC[C@H](C2CCC3(CC2)CC2(CCC([C@H]4CC[C@H](CCCCCCCCC)CC4)CC2)C3(Cl)Cl)CC1. The van der Waals surface area contributed by atoms with Gasteiger partial charge < -0.3 is 0 Å². The van der Waals surface area contributed by atoms with Gasteiger partial charge in [0.1, 0.15) is 4.33 Å². The maximum absolute atomic E-state index is 7.54. The zero-order chi connectivity index (χ0) is 32.3. The van der Waals surface area contributed by atoms with E-state index < -0.39 is 4.33 Å². The first kappa shape index (κ1) is 37.8. The summed E-state index contributed by atoms with van der Waals surface area (Å²) in [4.78, 5) is 0. The quantitative estimate of drug-likeness (QED) is 0.100. The predicted molar refractivity (Wildman–Crippen MR) is 204 cm³/mol. The fraction of sp³-hybridized carbons (Fsp3) is 1.00. The topological polar surface area (TPSA) is 0 Å². The molecule has 0 heterocycles. The van der Waals surface area contributed by atoms with Crippen molar-refractivity contribution in [2.24, 2.45) is 46.3 Å². The molecule has 5 aliphatic carbocycles. The third kappa shape index (κ3) is 9.46. The van der Waals surface area contributed by atoms with Gasteiger partial charge in [-0.2, -0.15) is 0 Å². The molecule has 5 saturated carbocycles. The molecule has 0 aromatic carbocycles. The largest absolute Gasteiger partial charge is 0.129 e. The zero-order valence-corrected chi connectivity index (χ0v) is 32.6. The van der Waals surface area contributed by atoms with Crippen LogP contribution in [-0.2, 0) is 0 Å². The Morgan fingerprint density at radius 3 is 1.02 bits per heavy atom. The van der Waals surface area contributed by atoms with E-state index in [0.717, 1.165) is 35.5 Å². The van der Waals surface area contributed by atoms with Crippen molar-refractivity contribution < 1.29 is 0 Å². The van der Waals surface area contributed by atoms with Crippen molar-refractivity contribution in [3.63, 3.8) is 0 Å². The lowest BCUT2D eigenvalue weighted by Gasteiger charge is -2.69. The molecule has 0 saturated heterocycles. The lowest BCUT2D eigenvalue weighted by molar-refractivity contribution is -0.122. The Bertz CT molecular complexity index is 749. The molecule has 0 aromatic rings. The second-order valence-electron chi connectivity index (χ2n) is 18.4. The van der Waals surface area contributed by atoms with Crippen LogP contribution in [0.1, 0.15) is 226 Å². The molecule has 0 radical (unpaired) electrons. The molecule has 5 aliphatic rings. The third-order valence-corrected chi connectivity index (χ3v) is 17.1. The van der Waals surface area contributed by atoms with Crippen LogP contribution in [0.15, 0.2) is 0 Å². The minimum Gasteiger partial charge on any atom is -0.100 e. The fourth-order valence-electron chi connectivity index (χ4n) is 12.3. The Balaban J connectivity index is 0.947. The fourth-order valence-corrected chi connectivity index (χ4v) is 13.3. The van der Waals surface area contributed by atoms with Gasteiger partial charge in [-0.3, -0.25) is 0 Å². The second-order valence-corrected chi connectivity index (χ2v) is 19.7. The van der Waals surface area contributed by atoms with Crippen LogP contribution in [0.25, 0.3) is 0 Å². The van der Waals surface area contributed by atoms with Gasteiger partial charge in [0.25, 0.3) is 0 Å². The lowest BCUT2D eigenvalue weighted by atomic mass is 9.42. The normalized spacial score (nSPS) is 37.8. The first-order valence-corrected chi connectivity index (χ1v) is 22.6. The summed E-state index contributed by atoms with van der Waals surface area (Å²) in [5, 5.41) is 0. The van der Waals surface area contributed by atoms with Crippen molar-refractivity contribution in [3.05, 3.63) is 0 Å². The van der Waals surface area contributed by atoms with Gasteiger partial charge in [0.05, 0.1) is 0 Å². The highest BCUT2D eigenvalue weighted by Crippen LogP contribution is 2.77. The molecular formula is C44H78Cl2. The summed E-state index contributed by atoms with van der Waals surface area (Å²) in [6, 6.07) is 0. The van der Waals surface area contributed by atoms with Crippen molar-refractivity contribution in [3.8, 4) is 0 Å². The monoisotopic (exact) mass is 677 g/mol. The summed E-state index contributed by atoms with van der Waals surface area (Å²) in [7, 11) is 0. The van der Waals surface area contributed by atoms with Gasteiger partial charge in [0.15, 0.2) is 0 Å². The minimum atomic E-state index is -0.460. The Kier molecular flexibility index (Phi) is 15.4. The molecule has 0 N–H and O–H groups in total. The van der Waals surface area contributed by atoms with Crippen molar-refractivity contribution in [1.29, 1.82) is 0 Å². The van der Waals surface area contributed by atoms with Gasteiger partial charge in [-0.1, -0.05) is 142 Å². The molecule has 0 aromatic heterocycles. The smallest absolute Gasteiger partial charge is 0.100 e. The molecule has 5 fully saturated rings. The summed E-state index contributed by atoms with van der Waals surface area (Å²) in [6.07, 6.45) is 47.8. The summed E-state index contributed by atoms with van der Waals surface area (Å²) >= 11 is 15.1. The van der Waals surface area contributed by atoms with E-state index in [9.17, 15) is 0 Å². The lowest BCUT2D eigenvalue weighted by Crippen LogP contribution is -2.66. The van der Waals surface area contributed by atoms with Gasteiger partial charge in [-0.15, -0.1) is 23.2 Å². The maximum Gasteiger partial charge on any atom is 0.129 e. The van der Waals surface area contributed by atoms with Gasteiger partial charge in [-0.05, 0) is 119 Å². The van der Waals surface area contributed by atoms with Gasteiger partial charge in [0, 0.05) is 10.8 Å². The van der Waals surface area contributed by atoms with Crippen LogP contribution < -0.4 is 0 Å². The van der Waals surface area contributed by atoms with Crippen LogP contribution in [0, 0.1) is 46.3 Å². The van der Waals surface area contributed by atoms with E-state index in [0.29, 0.717) is 0 Å². The number of halogens is 2. The third-order valence-electron chi connectivity index (χ3n) is 15.5. The van der Waals surface area contributed by atoms with Crippen molar-refractivity contribution in [2.45, 2.75) is 230 Å². The number of alkyl halides is 2. The molecule has 46 heavy (non-hydrogen) atoms. The summed E-state index contributed by atoms with van der Waals surface area (Å²) < 4.78 is -0.460. The van der Waals surface area contributed by atoms with E-state index in [4.69, 9.17) is 23.2 Å². The molecule has 5 rings (SSSR count). The number of hydrogen-bond acceptors (Lipinski definition) is 0. The maximum atomic E-state index is 7.54. The molecule has 0 aliphatic heterocycles. The van der Waals surface area contributed by atoms with Crippen LogP contribution in [0.5, 0.6) is 0 Å². The van der Waals surface area contributed by atoms with E-state index in [-0.39, 0.29) is 10.8 Å². The highest BCUT2D eigenvalue weighted by molar-refractivity contribution is 6.50. The van der Waals surface area contributed by atoms with E-state index >= 15 is 0 Å². The molecule has 0 bridgehead atoms. The summed E-state index contributed by atoms with van der Waals surface area (Å²) in [5.41, 5.74) is 0.476. The van der Waals surface area contributed by atoms with Crippen molar-refractivity contribution in [2.75, 3.05) is 0 Å². The number of unbranched alkanes of at least 4 members (excludes halogenated alkanes) is 12. The molecule has 268 valence electrons. The highest BCUT2D eigenvalue weighted by Gasteiger charge is 2.72. The molecular weight excluding hydrogens is 599 g/mol. The van der Waals surface area contributed by atoms with Crippen LogP contribution in [-0.4, -0.2) is 4.33 Å².